The Morgan fingerprint density at radius 3 is 2.62 bits per heavy atom. The molecule has 0 atom stereocenters. The van der Waals surface area contributed by atoms with Gasteiger partial charge in [-0.15, -0.1) is 0 Å². The van der Waals surface area contributed by atoms with Crippen molar-refractivity contribution in [1.82, 2.24) is 10.3 Å². The summed E-state index contributed by atoms with van der Waals surface area (Å²) in [6.45, 7) is 2.84. The Labute approximate surface area is 90.6 Å². The number of hydrogen-bond acceptors (Lipinski definition) is 3. The molecular weight excluding hydrogens is 221 g/mol. The number of pyridine rings is 1. The van der Waals surface area contributed by atoms with Gasteiger partial charge in [-0.1, -0.05) is 0 Å². The molecule has 0 spiro atoms. The molecule has 1 saturated heterocycles. The zero-order chi connectivity index (χ0) is 11.8. The van der Waals surface area contributed by atoms with E-state index >= 15 is 0 Å². The Morgan fingerprint density at radius 2 is 2.12 bits per heavy atom. The molecule has 0 radical (unpaired) electrons. The first-order chi connectivity index (χ1) is 7.41. The van der Waals surface area contributed by atoms with Gasteiger partial charge >= 0.3 is 6.18 Å². The molecule has 1 fully saturated rings. The Morgan fingerprint density at radius 1 is 1.44 bits per heavy atom. The van der Waals surface area contributed by atoms with Gasteiger partial charge in [0.05, 0.1) is 0 Å². The fraction of sp³-hybridized carbons (Fsp3) is 0.500. The highest BCUT2D eigenvalue weighted by atomic mass is 19.4. The van der Waals surface area contributed by atoms with Crippen molar-refractivity contribution in [3.63, 3.8) is 0 Å². The predicted molar refractivity (Wildman–Crippen MR) is 51.1 cm³/mol. The molecule has 0 bridgehead atoms. The number of nitrogens with zero attached hydrogens (tertiary/aromatic N) is 1. The molecule has 3 nitrogen and oxygen atoms in total. The van der Waals surface area contributed by atoms with Crippen LogP contribution in [0.1, 0.15) is 12.6 Å². The zero-order valence-electron chi connectivity index (χ0n) is 8.64. The van der Waals surface area contributed by atoms with Gasteiger partial charge < -0.3 is 10.1 Å². The van der Waals surface area contributed by atoms with Crippen molar-refractivity contribution in [3.05, 3.63) is 24.0 Å². The van der Waals surface area contributed by atoms with Crippen molar-refractivity contribution in [2.75, 3.05) is 13.1 Å². The second-order valence-electron chi connectivity index (χ2n) is 4.00. The summed E-state index contributed by atoms with van der Waals surface area (Å²) in [6.07, 6.45) is -3.37. The first-order valence-corrected chi connectivity index (χ1v) is 4.83. The van der Waals surface area contributed by atoms with Gasteiger partial charge in [-0.05, 0) is 19.1 Å². The smallest absolute Gasteiger partial charge is 0.437 e. The fourth-order valence-corrected chi connectivity index (χ4v) is 1.50. The van der Waals surface area contributed by atoms with E-state index in [1.807, 2.05) is 0 Å². The maximum absolute atomic E-state index is 12.6. The van der Waals surface area contributed by atoms with Crippen molar-refractivity contribution in [2.24, 2.45) is 0 Å². The average Bonchev–Trinajstić information content (AvgIpc) is 2.14. The summed E-state index contributed by atoms with van der Waals surface area (Å²) in [5.74, 6) is -0.209. The molecule has 1 aliphatic rings. The second-order valence-corrected chi connectivity index (χ2v) is 4.00. The molecule has 0 unspecified atom stereocenters. The summed E-state index contributed by atoms with van der Waals surface area (Å²) in [5.41, 5.74) is -1.54. The monoisotopic (exact) mass is 232 g/mol. The first kappa shape index (κ1) is 11.2. The van der Waals surface area contributed by atoms with Crippen LogP contribution in [0.15, 0.2) is 18.3 Å². The number of alkyl halides is 3. The minimum Gasteiger partial charge on any atom is -0.483 e. The Hall–Kier alpha value is -1.30. The lowest BCUT2D eigenvalue weighted by Gasteiger charge is -2.39. The molecule has 0 amide bonds. The summed E-state index contributed by atoms with van der Waals surface area (Å²) in [5, 5.41) is 2.95. The van der Waals surface area contributed by atoms with Crippen molar-refractivity contribution >= 4 is 0 Å². The van der Waals surface area contributed by atoms with E-state index in [1.165, 1.54) is 12.1 Å². The van der Waals surface area contributed by atoms with Crippen LogP contribution in [0, 0.1) is 0 Å². The third-order valence-electron chi connectivity index (χ3n) is 2.39. The largest absolute Gasteiger partial charge is 0.483 e. The lowest BCUT2D eigenvalue weighted by atomic mass is 10.00. The average molecular weight is 232 g/mol. The van der Waals surface area contributed by atoms with E-state index < -0.39 is 17.5 Å². The standard InChI is InChI=1S/C10H11F3N2O/c1-9(5-14-6-9)16-7-3-2-4-15-8(7)10(11,12)13/h2-4,14H,5-6H2,1H3. The number of halogens is 3. The molecule has 1 N–H and O–H groups in total. The summed E-state index contributed by atoms with van der Waals surface area (Å²) in [4.78, 5) is 3.32. The Kier molecular flexibility index (Phi) is 2.53. The Balaban J connectivity index is 2.26. The topological polar surface area (TPSA) is 34.1 Å². The number of hydrogen-bond donors (Lipinski definition) is 1. The minimum absolute atomic E-state index is 0.209. The van der Waals surface area contributed by atoms with E-state index in [0.717, 1.165) is 6.20 Å². The van der Waals surface area contributed by atoms with E-state index in [2.05, 4.69) is 10.3 Å². The molecule has 6 heteroatoms. The van der Waals surface area contributed by atoms with Crippen LogP contribution in [0.3, 0.4) is 0 Å². The molecule has 2 rings (SSSR count). The van der Waals surface area contributed by atoms with Crippen LogP contribution < -0.4 is 10.1 Å². The minimum atomic E-state index is -4.48. The number of nitrogens with one attached hydrogen (secondary N) is 1. The van der Waals surface area contributed by atoms with Crippen molar-refractivity contribution in [1.29, 1.82) is 0 Å². The molecule has 0 aromatic carbocycles. The third-order valence-corrected chi connectivity index (χ3v) is 2.39. The molecule has 0 saturated carbocycles. The molecule has 1 aromatic heterocycles. The van der Waals surface area contributed by atoms with Gasteiger partial charge in [-0.25, -0.2) is 4.98 Å². The number of ether oxygens (including phenoxy) is 1. The lowest BCUT2D eigenvalue weighted by molar-refractivity contribution is -0.144. The molecule has 0 aliphatic carbocycles. The van der Waals surface area contributed by atoms with Gasteiger partial charge in [-0.3, -0.25) is 0 Å². The second kappa shape index (κ2) is 3.62. The highest BCUT2D eigenvalue weighted by Gasteiger charge is 2.40. The highest BCUT2D eigenvalue weighted by Crippen LogP contribution is 2.36. The quantitative estimate of drug-likeness (QED) is 0.844. The lowest BCUT2D eigenvalue weighted by Crippen LogP contribution is -2.61. The van der Waals surface area contributed by atoms with Crippen LogP contribution in [0.5, 0.6) is 5.75 Å². The van der Waals surface area contributed by atoms with E-state index in [0.29, 0.717) is 13.1 Å². The SMILES string of the molecule is CC1(Oc2cccnc2C(F)(F)F)CNC1. The van der Waals surface area contributed by atoms with Crippen molar-refractivity contribution in [2.45, 2.75) is 18.7 Å². The summed E-state index contributed by atoms with van der Waals surface area (Å²) < 4.78 is 43.1. The molecule has 16 heavy (non-hydrogen) atoms. The van der Waals surface area contributed by atoms with Gasteiger partial charge in [0, 0.05) is 19.3 Å². The van der Waals surface area contributed by atoms with Crippen LogP contribution in [0.4, 0.5) is 13.2 Å². The molecular formula is C10H11F3N2O. The summed E-state index contributed by atoms with van der Waals surface area (Å²) >= 11 is 0. The molecule has 1 aromatic rings. The van der Waals surface area contributed by atoms with Crippen molar-refractivity contribution < 1.29 is 17.9 Å². The predicted octanol–water partition coefficient (Wildman–Crippen LogP) is 1.84. The van der Waals surface area contributed by atoms with Crippen molar-refractivity contribution in [3.8, 4) is 5.75 Å². The van der Waals surface area contributed by atoms with Crippen LogP contribution >= 0.6 is 0 Å². The zero-order valence-corrected chi connectivity index (χ0v) is 8.64. The van der Waals surface area contributed by atoms with Gasteiger partial charge in [0.25, 0.3) is 0 Å². The van der Waals surface area contributed by atoms with E-state index in [-0.39, 0.29) is 5.75 Å². The van der Waals surface area contributed by atoms with Crippen LogP contribution in [0.25, 0.3) is 0 Å². The van der Waals surface area contributed by atoms with E-state index in [1.54, 1.807) is 6.92 Å². The molecule has 2 heterocycles. The molecule has 88 valence electrons. The fourth-order valence-electron chi connectivity index (χ4n) is 1.50. The number of aromatic nitrogens is 1. The Bertz CT molecular complexity index is 388. The first-order valence-electron chi connectivity index (χ1n) is 4.83. The molecule has 1 aliphatic heterocycles. The van der Waals surface area contributed by atoms with Gasteiger partial charge in [-0.2, -0.15) is 13.2 Å². The van der Waals surface area contributed by atoms with Gasteiger partial charge in [0.15, 0.2) is 11.4 Å². The van der Waals surface area contributed by atoms with Crippen LogP contribution in [0.2, 0.25) is 0 Å². The maximum Gasteiger partial charge on any atom is 0.437 e. The van der Waals surface area contributed by atoms with Crippen LogP contribution in [-0.2, 0) is 6.18 Å². The maximum atomic E-state index is 12.6. The normalized spacial score (nSPS) is 19.0. The van der Waals surface area contributed by atoms with Crippen LogP contribution in [-0.4, -0.2) is 23.7 Å². The summed E-state index contributed by atoms with van der Waals surface area (Å²) in [7, 11) is 0. The van der Waals surface area contributed by atoms with Gasteiger partial charge in [0.2, 0.25) is 0 Å². The highest BCUT2D eigenvalue weighted by molar-refractivity contribution is 5.30. The third kappa shape index (κ3) is 2.11. The van der Waals surface area contributed by atoms with E-state index in [9.17, 15) is 13.2 Å². The van der Waals surface area contributed by atoms with E-state index in [4.69, 9.17) is 4.74 Å². The summed E-state index contributed by atoms with van der Waals surface area (Å²) in [6, 6.07) is 2.72. The number of rotatable bonds is 2. The van der Waals surface area contributed by atoms with Gasteiger partial charge in [0.1, 0.15) is 5.60 Å².